The Labute approximate surface area is 112 Å². The zero-order chi connectivity index (χ0) is 13.8. The minimum absolute atomic E-state index is 0.0507. The Balaban J connectivity index is 2.10. The molecule has 0 aliphatic carbocycles. The fraction of sp³-hybridized carbons (Fsp3) is 0.538. The molecule has 6 heteroatoms. The summed E-state index contributed by atoms with van der Waals surface area (Å²) in [6, 6.07) is 5.15. The maximum absolute atomic E-state index is 10.9. The van der Waals surface area contributed by atoms with Crippen molar-refractivity contribution in [1.29, 1.82) is 0 Å². The quantitative estimate of drug-likeness (QED) is 0.667. The Morgan fingerprint density at radius 1 is 1.37 bits per heavy atom. The van der Waals surface area contributed by atoms with Gasteiger partial charge in [-0.25, -0.2) is 0 Å². The molecular weight excluding hydrogens is 246 g/mol. The van der Waals surface area contributed by atoms with Crippen LogP contribution in [0.5, 0.6) is 5.75 Å². The van der Waals surface area contributed by atoms with E-state index in [-0.39, 0.29) is 5.69 Å². The van der Waals surface area contributed by atoms with Gasteiger partial charge in [-0.3, -0.25) is 10.1 Å². The lowest BCUT2D eigenvalue weighted by atomic mass is 10.1. The summed E-state index contributed by atoms with van der Waals surface area (Å²) in [7, 11) is 3.62. The van der Waals surface area contributed by atoms with Gasteiger partial charge in [0.05, 0.1) is 18.1 Å². The van der Waals surface area contributed by atoms with Gasteiger partial charge in [-0.1, -0.05) is 0 Å². The molecule has 0 spiro atoms. The van der Waals surface area contributed by atoms with Crippen LogP contribution in [-0.2, 0) is 0 Å². The molecule has 0 bridgehead atoms. The largest absolute Gasteiger partial charge is 0.496 e. The second kappa shape index (κ2) is 5.88. The molecule has 1 fully saturated rings. The highest BCUT2D eigenvalue weighted by Gasteiger charge is 2.18. The third kappa shape index (κ3) is 3.57. The van der Waals surface area contributed by atoms with Gasteiger partial charge in [0.25, 0.3) is 5.69 Å². The predicted molar refractivity (Wildman–Crippen MR) is 73.8 cm³/mol. The summed E-state index contributed by atoms with van der Waals surface area (Å²) in [5, 5.41) is 14.2. The maximum atomic E-state index is 10.9. The lowest BCUT2D eigenvalue weighted by Gasteiger charge is -2.30. The van der Waals surface area contributed by atoms with E-state index in [4.69, 9.17) is 4.74 Å². The lowest BCUT2D eigenvalue weighted by molar-refractivity contribution is -0.384. The number of methoxy groups -OCH3 is 1. The Morgan fingerprint density at radius 3 is 2.63 bits per heavy atom. The van der Waals surface area contributed by atoms with Crippen molar-refractivity contribution in [3.63, 3.8) is 0 Å². The second-order valence-electron chi connectivity index (χ2n) is 4.90. The van der Waals surface area contributed by atoms with Crippen LogP contribution in [0.25, 0.3) is 0 Å². The summed E-state index contributed by atoms with van der Waals surface area (Å²) in [6.45, 7) is 2.09. The molecule has 1 aliphatic rings. The molecule has 0 aromatic heterocycles. The number of rotatable bonds is 4. The number of hydrogen-bond donors (Lipinski definition) is 1. The van der Waals surface area contributed by atoms with Gasteiger partial charge in [0, 0.05) is 23.9 Å². The average molecular weight is 265 g/mol. The minimum Gasteiger partial charge on any atom is -0.496 e. The van der Waals surface area contributed by atoms with Crippen LogP contribution in [0.1, 0.15) is 12.8 Å². The van der Waals surface area contributed by atoms with E-state index in [9.17, 15) is 10.1 Å². The molecule has 0 amide bonds. The van der Waals surface area contributed by atoms with Crippen LogP contribution in [0.3, 0.4) is 0 Å². The summed E-state index contributed by atoms with van der Waals surface area (Å²) in [4.78, 5) is 12.8. The molecule has 1 heterocycles. The van der Waals surface area contributed by atoms with Gasteiger partial charge >= 0.3 is 0 Å². The van der Waals surface area contributed by atoms with Crippen molar-refractivity contribution < 1.29 is 9.66 Å². The molecule has 1 saturated heterocycles. The van der Waals surface area contributed by atoms with Gasteiger partial charge in [-0.2, -0.15) is 0 Å². The first-order chi connectivity index (χ1) is 9.08. The standard InChI is InChI=1S/C13H19N3O3/c1-15-5-3-10(4-6-15)14-11-7-12(16(17)18)9-13(8-11)19-2/h7-10,14H,3-6H2,1-2H3. The Bertz CT molecular complexity index is 456. The molecule has 0 saturated carbocycles. The van der Waals surface area contributed by atoms with Gasteiger partial charge in [-0.05, 0) is 33.0 Å². The topological polar surface area (TPSA) is 67.6 Å². The number of nitro benzene ring substituents is 1. The highest BCUT2D eigenvalue weighted by atomic mass is 16.6. The van der Waals surface area contributed by atoms with Crippen LogP contribution < -0.4 is 10.1 Å². The summed E-state index contributed by atoms with van der Waals surface area (Å²) in [6.07, 6.45) is 2.09. The molecule has 0 radical (unpaired) electrons. The van der Waals surface area contributed by atoms with Crippen LogP contribution >= 0.6 is 0 Å². The number of ether oxygens (including phenoxy) is 1. The monoisotopic (exact) mass is 265 g/mol. The van der Waals surface area contributed by atoms with Crippen molar-refractivity contribution in [2.45, 2.75) is 18.9 Å². The minimum atomic E-state index is -0.400. The van der Waals surface area contributed by atoms with Crippen LogP contribution in [0, 0.1) is 10.1 Å². The number of piperidine rings is 1. The van der Waals surface area contributed by atoms with Crippen molar-refractivity contribution in [1.82, 2.24) is 4.90 Å². The van der Waals surface area contributed by atoms with Crippen LogP contribution in [0.15, 0.2) is 18.2 Å². The van der Waals surface area contributed by atoms with E-state index in [0.29, 0.717) is 11.8 Å². The Morgan fingerprint density at radius 2 is 2.05 bits per heavy atom. The van der Waals surface area contributed by atoms with E-state index in [2.05, 4.69) is 17.3 Å². The third-order valence-electron chi connectivity index (χ3n) is 3.43. The molecule has 1 N–H and O–H groups in total. The number of nitrogens with one attached hydrogen (secondary N) is 1. The van der Waals surface area contributed by atoms with Gasteiger partial charge in [0.15, 0.2) is 0 Å². The van der Waals surface area contributed by atoms with Crippen LogP contribution in [0.4, 0.5) is 11.4 Å². The fourth-order valence-corrected chi connectivity index (χ4v) is 2.28. The van der Waals surface area contributed by atoms with Crippen molar-refractivity contribution in [2.24, 2.45) is 0 Å². The number of likely N-dealkylation sites (tertiary alicyclic amines) is 1. The first-order valence-electron chi connectivity index (χ1n) is 6.37. The van der Waals surface area contributed by atoms with E-state index < -0.39 is 4.92 Å². The van der Waals surface area contributed by atoms with Crippen LogP contribution in [-0.4, -0.2) is 43.1 Å². The van der Waals surface area contributed by atoms with Crippen molar-refractivity contribution in [3.05, 3.63) is 28.3 Å². The first kappa shape index (κ1) is 13.6. The molecule has 1 aromatic carbocycles. The summed E-state index contributed by atoms with van der Waals surface area (Å²) in [5.41, 5.74) is 0.801. The molecule has 1 aliphatic heterocycles. The molecule has 19 heavy (non-hydrogen) atoms. The van der Waals surface area contributed by atoms with Crippen molar-refractivity contribution in [3.8, 4) is 5.75 Å². The zero-order valence-corrected chi connectivity index (χ0v) is 11.3. The van der Waals surface area contributed by atoms with Crippen molar-refractivity contribution in [2.75, 3.05) is 32.6 Å². The van der Waals surface area contributed by atoms with Gasteiger partial charge < -0.3 is 15.0 Å². The van der Waals surface area contributed by atoms with E-state index in [1.165, 1.54) is 13.2 Å². The number of non-ortho nitro benzene ring substituents is 1. The smallest absolute Gasteiger partial charge is 0.275 e. The summed E-state index contributed by atoms with van der Waals surface area (Å²) >= 11 is 0. The summed E-state index contributed by atoms with van der Waals surface area (Å²) in [5.74, 6) is 0.504. The predicted octanol–water partition coefficient (Wildman–Crippen LogP) is 2.11. The molecule has 6 nitrogen and oxygen atoms in total. The molecule has 0 unspecified atom stereocenters. The van der Waals surface area contributed by atoms with E-state index >= 15 is 0 Å². The second-order valence-corrected chi connectivity index (χ2v) is 4.90. The van der Waals surface area contributed by atoms with Gasteiger partial charge in [0.1, 0.15) is 5.75 Å². The lowest BCUT2D eigenvalue weighted by Crippen LogP contribution is -2.36. The maximum Gasteiger partial charge on any atom is 0.275 e. The number of hydrogen-bond acceptors (Lipinski definition) is 5. The molecule has 1 aromatic rings. The Hall–Kier alpha value is -1.82. The SMILES string of the molecule is COc1cc(NC2CCN(C)CC2)cc([N+](=O)[O-])c1. The first-order valence-corrected chi connectivity index (χ1v) is 6.37. The molecule has 104 valence electrons. The highest BCUT2D eigenvalue weighted by Crippen LogP contribution is 2.27. The van der Waals surface area contributed by atoms with Crippen molar-refractivity contribution >= 4 is 11.4 Å². The molecular formula is C13H19N3O3. The van der Waals surface area contributed by atoms with E-state index in [0.717, 1.165) is 31.6 Å². The van der Waals surface area contributed by atoms with Crippen LogP contribution in [0.2, 0.25) is 0 Å². The number of anilines is 1. The zero-order valence-electron chi connectivity index (χ0n) is 11.3. The normalized spacial score (nSPS) is 17.2. The van der Waals surface area contributed by atoms with E-state index in [1.807, 2.05) is 0 Å². The highest BCUT2D eigenvalue weighted by molar-refractivity contribution is 5.56. The van der Waals surface area contributed by atoms with Gasteiger partial charge in [0.2, 0.25) is 0 Å². The number of nitrogens with zero attached hydrogens (tertiary/aromatic N) is 2. The third-order valence-corrected chi connectivity index (χ3v) is 3.43. The number of nitro groups is 1. The summed E-state index contributed by atoms with van der Waals surface area (Å²) < 4.78 is 5.10. The number of benzene rings is 1. The molecule has 0 atom stereocenters. The van der Waals surface area contributed by atoms with E-state index in [1.54, 1.807) is 12.1 Å². The molecule has 2 rings (SSSR count). The average Bonchev–Trinajstić information content (AvgIpc) is 2.41. The van der Waals surface area contributed by atoms with Gasteiger partial charge in [-0.15, -0.1) is 0 Å². The fourth-order valence-electron chi connectivity index (χ4n) is 2.28. The Kier molecular flexibility index (Phi) is 4.21.